The second-order valence-corrected chi connectivity index (χ2v) is 4.63. The highest BCUT2D eigenvalue weighted by atomic mass is 19.4. The number of alkyl halides is 3. The van der Waals surface area contributed by atoms with Crippen LogP contribution >= 0.6 is 0 Å². The minimum atomic E-state index is -4.30. The van der Waals surface area contributed by atoms with Crippen LogP contribution in [0.2, 0.25) is 0 Å². The van der Waals surface area contributed by atoms with Gasteiger partial charge in [-0.2, -0.15) is 18.2 Å². The highest BCUT2D eigenvalue weighted by molar-refractivity contribution is 5.01. The molecule has 0 spiro atoms. The monoisotopic (exact) mass is 263 g/mol. The van der Waals surface area contributed by atoms with Crippen LogP contribution in [0.5, 0.6) is 0 Å². The molecule has 102 valence electrons. The van der Waals surface area contributed by atoms with Gasteiger partial charge in [0, 0.05) is 6.04 Å². The van der Waals surface area contributed by atoms with Crippen molar-refractivity contribution in [2.45, 2.75) is 50.2 Å². The fourth-order valence-corrected chi connectivity index (χ4v) is 2.44. The van der Waals surface area contributed by atoms with E-state index in [4.69, 9.17) is 4.52 Å². The van der Waals surface area contributed by atoms with Gasteiger partial charge >= 0.3 is 6.18 Å². The first kappa shape index (κ1) is 13.3. The molecule has 0 amide bonds. The van der Waals surface area contributed by atoms with Crippen molar-refractivity contribution >= 4 is 0 Å². The molecule has 1 aliphatic rings. The van der Waals surface area contributed by atoms with Crippen LogP contribution in [-0.4, -0.2) is 29.4 Å². The van der Waals surface area contributed by atoms with E-state index in [9.17, 15) is 13.2 Å². The standard InChI is InChI=1S/C11H16F3N3O/c1-15-8-5-3-2-4-7(8)10-16-9(17-18-10)6-11(12,13)14/h7-8,15H,2-6H2,1H3. The molecule has 1 heterocycles. The van der Waals surface area contributed by atoms with E-state index in [1.54, 1.807) is 0 Å². The van der Waals surface area contributed by atoms with Crippen molar-refractivity contribution < 1.29 is 17.7 Å². The van der Waals surface area contributed by atoms with Crippen LogP contribution in [0.15, 0.2) is 4.52 Å². The summed E-state index contributed by atoms with van der Waals surface area (Å²) in [6.45, 7) is 0. The fourth-order valence-electron chi connectivity index (χ4n) is 2.44. The summed E-state index contributed by atoms with van der Waals surface area (Å²) in [5, 5.41) is 6.57. The summed E-state index contributed by atoms with van der Waals surface area (Å²) in [6, 6.07) is 0.206. The lowest BCUT2D eigenvalue weighted by Gasteiger charge is -2.28. The van der Waals surface area contributed by atoms with Crippen LogP contribution in [0.4, 0.5) is 13.2 Å². The summed E-state index contributed by atoms with van der Waals surface area (Å²) in [7, 11) is 1.84. The Labute approximate surface area is 103 Å². The molecule has 7 heteroatoms. The number of hydrogen-bond acceptors (Lipinski definition) is 4. The Morgan fingerprint density at radius 2 is 2.06 bits per heavy atom. The van der Waals surface area contributed by atoms with Crippen LogP contribution in [0.1, 0.15) is 43.3 Å². The van der Waals surface area contributed by atoms with Crippen molar-refractivity contribution in [2.75, 3.05) is 7.05 Å². The Morgan fingerprint density at radius 1 is 1.33 bits per heavy atom. The van der Waals surface area contributed by atoms with Gasteiger partial charge in [0.1, 0.15) is 6.42 Å². The predicted octanol–water partition coefficient (Wildman–Crippen LogP) is 2.42. The van der Waals surface area contributed by atoms with E-state index in [1.165, 1.54) is 0 Å². The van der Waals surface area contributed by atoms with Crippen LogP contribution in [0, 0.1) is 0 Å². The molecule has 2 rings (SSSR count). The maximum absolute atomic E-state index is 12.2. The lowest BCUT2D eigenvalue weighted by molar-refractivity contribution is -0.128. The number of rotatable bonds is 3. The molecule has 0 saturated heterocycles. The fraction of sp³-hybridized carbons (Fsp3) is 0.818. The third-order valence-electron chi connectivity index (χ3n) is 3.30. The van der Waals surface area contributed by atoms with Gasteiger partial charge in [0.05, 0.1) is 5.92 Å². The van der Waals surface area contributed by atoms with Gasteiger partial charge in [-0.25, -0.2) is 0 Å². The smallest absolute Gasteiger partial charge is 0.339 e. The second kappa shape index (κ2) is 5.26. The van der Waals surface area contributed by atoms with Crippen LogP contribution in [0.25, 0.3) is 0 Å². The number of halogens is 3. The summed E-state index contributed by atoms with van der Waals surface area (Å²) in [6.07, 6.45) is -1.41. The predicted molar refractivity (Wildman–Crippen MR) is 58.1 cm³/mol. The highest BCUT2D eigenvalue weighted by Gasteiger charge is 2.33. The Hall–Kier alpha value is -1.11. The zero-order valence-corrected chi connectivity index (χ0v) is 10.1. The van der Waals surface area contributed by atoms with E-state index in [0.717, 1.165) is 25.7 Å². The van der Waals surface area contributed by atoms with Gasteiger partial charge < -0.3 is 9.84 Å². The molecule has 0 aromatic carbocycles. The van der Waals surface area contributed by atoms with E-state index in [0.29, 0.717) is 5.89 Å². The molecule has 2 atom stereocenters. The largest absolute Gasteiger partial charge is 0.396 e. The number of nitrogens with zero attached hydrogens (tertiary/aromatic N) is 2. The molecule has 0 aliphatic heterocycles. The third kappa shape index (κ3) is 3.22. The molecule has 0 radical (unpaired) electrons. The highest BCUT2D eigenvalue weighted by Crippen LogP contribution is 2.32. The van der Waals surface area contributed by atoms with Gasteiger partial charge in [-0.1, -0.05) is 18.0 Å². The van der Waals surface area contributed by atoms with Gasteiger partial charge in [0.25, 0.3) is 0 Å². The van der Waals surface area contributed by atoms with Crippen LogP contribution < -0.4 is 5.32 Å². The van der Waals surface area contributed by atoms with E-state index in [-0.39, 0.29) is 17.8 Å². The van der Waals surface area contributed by atoms with Gasteiger partial charge in [-0.15, -0.1) is 0 Å². The van der Waals surface area contributed by atoms with Crippen molar-refractivity contribution in [3.8, 4) is 0 Å². The van der Waals surface area contributed by atoms with Crippen molar-refractivity contribution in [3.05, 3.63) is 11.7 Å². The van der Waals surface area contributed by atoms with Gasteiger partial charge in [0.2, 0.25) is 5.89 Å². The number of hydrogen-bond donors (Lipinski definition) is 1. The molecule has 0 bridgehead atoms. The van der Waals surface area contributed by atoms with Crippen molar-refractivity contribution in [3.63, 3.8) is 0 Å². The maximum Gasteiger partial charge on any atom is 0.396 e. The summed E-state index contributed by atoms with van der Waals surface area (Å²) >= 11 is 0. The van der Waals surface area contributed by atoms with E-state index >= 15 is 0 Å². The first-order valence-electron chi connectivity index (χ1n) is 6.06. The SMILES string of the molecule is CNC1CCCCC1c1nc(CC(F)(F)F)no1. The molecule has 2 unspecified atom stereocenters. The molecule has 4 nitrogen and oxygen atoms in total. The molecule has 1 fully saturated rings. The van der Waals surface area contributed by atoms with Gasteiger partial charge in [-0.05, 0) is 19.9 Å². The zero-order valence-electron chi connectivity index (χ0n) is 10.1. The molecular weight excluding hydrogens is 247 g/mol. The molecule has 18 heavy (non-hydrogen) atoms. The third-order valence-corrected chi connectivity index (χ3v) is 3.30. The average molecular weight is 263 g/mol. The van der Waals surface area contributed by atoms with E-state index < -0.39 is 12.6 Å². The number of nitrogens with one attached hydrogen (secondary N) is 1. The molecular formula is C11H16F3N3O. The summed E-state index contributed by atoms with van der Waals surface area (Å²) in [5.74, 6) is 0.0736. The lowest BCUT2D eigenvalue weighted by atomic mass is 9.84. The minimum Gasteiger partial charge on any atom is -0.339 e. The zero-order chi connectivity index (χ0) is 13.2. The quantitative estimate of drug-likeness (QED) is 0.910. The topological polar surface area (TPSA) is 51.0 Å². The number of likely N-dealkylation sites (N-methyl/N-ethyl adjacent to an activating group) is 1. The van der Waals surface area contributed by atoms with Crippen molar-refractivity contribution in [1.82, 2.24) is 15.5 Å². The normalized spacial score (nSPS) is 25.3. The minimum absolute atomic E-state index is 0.0261. The van der Waals surface area contributed by atoms with E-state index in [2.05, 4.69) is 15.5 Å². The summed E-state index contributed by atoms with van der Waals surface area (Å²) < 4.78 is 41.6. The average Bonchev–Trinajstić information content (AvgIpc) is 2.75. The first-order valence-corrected chi connectivity index (χ1v) is 6.06. The molecule has 1 saturated carbocycles. The summed E-state index contributed by atoms with van der Waals surface area (Å²) in [5.41, 5.74) is 0. The second-order valence-electron chi connectivity index (χ2n) is 4.63. The Morgan fingerprint density at radius 3 is 2.72 bits per heavy atom. The first-order chi connectivity index (χ1) is 8.49. The maximum atomic E-state index is 12.2. The Balaban J connectivity index is 2.08. The summed E-state index contributed by atoms with van der Waals surface area (Å²) in [4.78, 5) is 3.88. The molecule has 1 aromatic heterocycles. The van der Waals surface area contributed by atoms with Crippen molar-refractivity contribution in [1.29, 1.82) is 0 Å². The van der Waals surface area contributed by atoms with Gasteiger partial charge in [-0.3, -0.25) is 0 Å². The number of aromatic nitrogens is 2. The Bertz CT molecular complexity index is 391. The Kier molecular flexibility index (Phi) is 3.89. The van der Waals surface area contributed by atoms with Crippen LogP contribution in [0.3, 0.4) is 0 Å². The van der Waals surface area contributed by atoms with Gasteiger partial charge in [0.15, 0.2) is 5.82 Å². The molecule has 1 aliphatic carbocycles. The molecule has 1 N–H and O–H groups in total. The lowest BCUT2D eigenvalue weighted by Crippen LogP contribution is -2.34. The van der Waals surface area contributed by atoms with E-state index in [1.807, 2.05) is 7.05 Å². The molecule has 1 aromatic rings. The van der Waals surface area contributed by atoms with Crippen LogP contribution in [-0.2, 0) is 6.42 Å². The van der Waals surface area contributed by atoms with Crippen molar-refractivity contribution in [2.24, 2.45) is 0 Å².